The second-order valence-corrected chi connectivity index (χ2v) is 5.91. The van der Waals surface area contributed by atoms with Crippen LogP contribution in [0.25, 0.3) is 0 Å². The number of carbonyl (C=O) groups excluding carboxylic acids is 1. The van der Waals surface area contributed by atoms with E-state index in [4.69, 9.17) is 0 Å². The Morgan fingerprint density at radius 1 is 1.21 bits per heavy atom. The molecule has 2 rings (SSSR count). The number of likely N-dealkylation sites (N-methyl/N-ethyl adjacent to an activating group) is 1. The van der Waals surface area contributed by atoms with Crippen LogP contribution in [0.5, 0.6) is 0 Å². The number of amides is 1. The van der Waals surface area contributed by atoms with Gasteiger partial charge in [0, 0.05) is 25.0 Å². The van der Waals surface area contributed by atoms with E-state index < -0.39 is 0 Å². The van der Waals surface area contributed by atoms with Crippen molar-refractivity contribution in [1.29, 1.82) is 0 Å². The minimum atomic E-state index is -0.144. The van der Waals surface area contributed by atoms with E-state index in [9.17, 15) is 9.90 Å². The summed E-state index contributed by atoms with van der Waals surface area (Å²) in [4.78, 5) is 16.4. The molecule has 0 aromatic carbocycles. The first kappa shape index (κ1) is 14.8. The van der Waals surface area contributed by atoms with Gasteiger partial charge in [-0.3, -0.25) is 9.69 Å². The Balaban J connectivity index is 1.93. The molecule has 1 aliphatic heterocycles. The van der Waals surface area contributed by atoms with Gasteiger partial charge >= 0.3 is 0 Å². The van der Waals surface area contributed by atoms with Crippen LogP contribution in [0.3, 0.4) is 0 Å². The highest BCUT2D eigenvalue weighted by molar-refractivity contribution is 5.78. The lowest BCUT2D eigenvalue weighted by Gasteiger charge is -2.32. The van der Waals surface area contributed by atoms with Gasteiger partial charge in [-0.15, -0.1) is 0 Å². The minimum Gasteiger partial charge on any atom is -0.393 e. The first-order valence-corrected chi connectivity index (χ1v) is 7.87. The Morgan fingerprint density at radius 3 is 2.53 bits per heavy atom. The van der Waals surface area contributed by atoms with Crippen molar-refractivity contribution < 1.29 is 9.90 Å². The summed E-state index contributed by atoms with van der Waals surface area (Å²) in [5.74, 6) is 0.636. The third-order valence-corrected chi connectivity index (χ3v) is 4.89. The van der Waals surface area contributed by atoms with Gasteiger partial charge < -0.3 is 10.0 Å². The van der Waals surface area contributed by atoms with Crippen molar-refractivity contribution in [3.63, 3.8) is 0 Å². The third-order valence-electron chi connectivity index (χ3n) is 4.89. The van der Waals surface area contributed by atoms with Crippen LogP contribution in [0.4, 0.5) is 0 Å². The monoisotopic (exact) mass is 268 g/mol. The predicted molar refractivity (Wildman–Crippen MR) is 75.9 cm³/mol. The summed E-state index contributed by atoms with van der Waals surface area (Å²) in [6, 6.07) is 0.428. The van der Waals surface area contributed by atoms with Crippen molar-refractivity contribution in [2.75, 3.05) is 26.2 Å². The Kier molecular flexibility index (Phi) is 5.22. The van der Waals surface area contributed by atoms with E-state index >= 15 is 0 Å². The predicted octanol–water partition coefficient (Wildman–Crippen LogP) is 1.48. The number of carbonyl (C=O) groups is 1. The lowest BCUT2D eigenvalue weighted by atomic mass is 9.94. The average molecular weight is 268 g/mol. The van der Waals surface area contributed by atoms with Gasteiger partial charge in [0.25, 0.3) is 0 Å². The van der Waals surface area contributed by atoms with Crippen molar-refractivity contribution in [1.82, 2.24) is 9.80 Å². The molecule has 0 aromatic heterocycles. The molecule has 1 aliphatic carbocycles. The molecule has 110 valence electrons. The van der Waals surface area contributed by atoms with Gasteiger partial charge in [0.15, 0.2) is 0 Å². The number of hydrogen-bond acceptors (Lipinski definition) is 3. The highest BCUT2D eigenvalue weighted by atomic mass is 16.3. The van der Waals surface area contributed by atoms with E-state index in [0.29, 0.717) is 18.5 Å². The molecule has 19 heavy (non-hydrogen) atoms. The van der Waals surface area contributed by atoms with E-state index in [1.165, 1.54) is 6.42 Å². The van der Waals surface area contributed by atoms with Gasteiger partial charge in [-0.1, -0.05) is 6.42 Å². The number of likely N-dealkylation sites (tertiary alicyclic amines) is 1. The fourth-order valence-corrected chi connectivity index (χ4v) is 3.80. The summed E-state index contributed by atoms with van der Waals surface area (Å²) < 4.78 is 0. The van der Waals surface area contributed by atoms with Crippen LogP contribution in [0.15, 0.2) is 0 Å². The number of rotatable bonds is 5. The Labute approximate surface area is 116 Å². The van der Waals surface area contributed by atoms with E-state index in [0.717, 1.165) is 45.3 Å². The zero-order valence-corrected chi connectivity index (χ0v) is 12.3. The Hall–Kier alpha value is -0.610. The molecule has 3 unspecified atom stereocenters. The van der Waals surface area contributed by atoms with Gasteiger partial charge in [0.1, 0.15) is 0 Å². The summed E-state index contributed by atoms with van der Waals surface area (Å²) >= 11 is 0. The van der Waals surface area contributed by atoms with Crippen LogP contribution >= 0.6 is 0 Å². The highest BCUT2D eigenvalue weighted by Crippen LogP contribution is 2.35. The van der Waals surface area contributed by atoms with Crippen molar-refractivity contribution >= 4 is 5.91 Å². The molecule has 0 radical (unpaired) electrons. The maximum Gasteiger partial charge on any atom is 0.236 e. The van der Waals surface area contributed by atoms with Gasteiger partial charge in [0.2, 0.25) is 5.91 Å². The first-order chi connectivity index (χ1) is 9.17. The normalized spacial score (nSPS) is 31.8. The van der Waals surface area contributed by atoms with Crippen LogP contribution in [-0.4, -0.2) is 59.1 Å². The molecule has 0 spiro atoms. The van der Waals surface area contributed by atoms with E-state index in [-0.39, 0.29) is 12.0 Å². The van der Waals surface area contributed by atoms with Crippen molar-refractivity contribution in [3.05, 3.63) is 0 Å². The molecule has 1 heterocycles. The van der Waals surface area contributed by atoms with Crippen molar-refractivity contribution in [2.24, 2.45) is 5.92 Å². The first-order valence-electron chi connectivity index (χ1n) is 7.87. The smallest absolute Gasteiger partial charge is 0.236 e. The van der Waals surface area contributed by atoms with Gasteiger partial charge in [-0.2, -0.15) is 0 Å². The highest BCUT2D eigenvalue weighted by Gasteiger charge is 2.38. The molecular weight excluding hydrogens is 240 g/mol. The van der Waals surface area contributed by atoms with Crippen LogP contribution in [-0.2, 0) is 4.79 Å². The molecule has 1 saturated heterocycles. The van der Waals surface area contributed by atoms with Gasteiger partial charge in [-0.05, 0) is 46.1 Å². The van der Waals surface area contributed by atoms with Crippen molar-refractivity contribution in [3.8, 4) is 0 Å². The number of nitrogens with zero attached hydrogens (tertiary/aromatic N) is 2. The molecular formula is C15H28N2O2. The second-order valence-electron chi connectivity index (χ2n) is 5.91. The molecule has 0 bridgehead atoms. The molecule has 2 fully saturated rings. The fourth-order valence-electron chi connectivity index (χ4n) is 3.80. The molecule has 1 amide bonds. The molecule has 4 nitrogen and oxygen atoms in total. The minimum absolute atomic E-state index is 0.144. The van der Waals surface area contributed by atoms with Crippen molar-refractivity contribution in [2.45, 2.75) is 58.1 Å². The van der Waals surface area contributed by atoms with Crippen LogP contribution in [0, 0.1) is 5.92 Å². The van der Waals surface area contributed by atoms with Gasteiger partial charge in [-0.25, -0.2) is 0 Å². The van der Waals surface area contributed by atoms with Crippen LogP contribution < -0.4 is 0 Å². The van der Waals surface area contributed by atoms with Crippen LogP contribution in [0.1, 0.15) is 46.0 Å². The summed E-state index contributed by atoms with van der Waals surface area (Å²) in [5, 5.41) is 10.1. The fraction of sp³-hybridized carbons (Fsp3) is 0.933. The zero-order valence-electron chi connectivity index (χ0n) is 12.3. The summed E-state index contributed by atoms with van der Waals surface area (Å²) in [6.45, 7) is 7.20. The molecule has 4 heteroatoms. The summed E-state index contributed by atoms with van der Waals surface area (Å²) in [5.41, 5.74) is 0. The maximum atomic E-state index is 12.2. The number of aliphatic hydroxyl groups excluding tert-OH is 1. The lowest BCUT2D eigenvalue weighted by molar-refractivity contribution is -0.132. The standard InChI is InChI=1S/C15H28N2O2/c1-3-16(4-2)15(19)11-17-10-6-8-13(17)12-7-5-9-14(12)18/h12-14,18H,3-11H2,1-2H3. The van der Waals surface area contributed by atoms with Gasteiger partial charge in [0.05, 0.1) is 12.6 Å². The zero-order chi connectivity index (χ0) is 13.8. The van der Waals surface area contributed by atoms with Crippen LogP contribution in [0.2, 0.25) is 0 Å². The third kappa shape index (κ3) is 3.29. The van der Waals surface area contributed by atoms with E-state index in [2.05, 4.69) is 4.90 Å². The maximum absolute atomic E-state index is 12.2. The molecule has 2 aliphatic rings. The largest absolute Gasteiger partial charge is 0.393 e. The van der Waals surface area contributed by atoms with E-state index in [1.807, 2.05) is 18.7 Å². The van der Waals surface area contributed by atoms with E-state index in [1.54, 1.807) is 0 Å². The molecule has 0 aromatic rings. The topological polar surface area (TPSA) is 43.8 Å². The quantitative estimate of drug-likeness (QED) is 0.821. The molecule has 1 saturated carbocycles. The SMILES string of the molecule is CCN(CC)C(=O)CN1CCCC1C1CCCC1O. The Morgan fingerprint density at radius 2 is 1.95 bits per heavy atom. The Bertz CT molecular complexity index is 305. The number of hydrogen-bond donors (Lipinski definition) is 1. The lowest BCUT2D eigenvalue weighted by Crippen LogP contribution is -2.45. The summed E-state index contributed by atoms with van der Waals surface area (Å²) in [6.07, 6.45) is 5.38. The summed E-state index contributed by atoms with van der Waals surface area (Å²) in [7, 11) is 0. The molecule has 3 atom stereocenters. The second kappa shape index (κ2) is 6.71. The molecule has 1 N–H and O–H groups in total. The average Bonchev–Trinajstić information content (AvgIpc) is 2.99. The number of aliphatic hydroxyl groups is 1.